The number of para-hydroxylation sites is 1. The molecule has 0 fully saturated rings. The van der Waals surface area contributed by atoms with Gasteiger partial charge in [-0.15, -0.1) is 24.0 Å². The molecule has 2 N–H and O–H groups in total. The second kappa shape index (κ2) is 11.8. The number of hydrogen-bond acceptors (Lipinski definition) is 3. The molecule has 2 aromatic carbocycles. The summed E-state index contributed by atoms with van der Waals surface area (Å²) in [5.74, 6) is 1.25. The van der Waals surface area contributed by atoms with Crippen LogP contribution in [0.1, 0.15) is 16.8 Å². The lowest BCUT2D eigenvalue weighted by molar-refractivity contribution is 0.625. The van der Waals surface area contributed by atoms with E-state index < -0.39 is 0 Å². The number of benzene rings is 2. The van der Waals surface area contributed by atoms with E-state index in [1.165, 1.54) is 6.07 Å². The van der Waals surface area contributed by atoms with Gasteiger partial charge in [0.25, 0.3) is 0 Å². The molecule has 0 aliphatic rings. The number of halogens is 2. The quantitative estimate of drug-likeness (QED) is 0.274. The second-order valence-corrected chi connectivity index (χ2v) is 7.08. The molecule has 8 heteroatoms. The predicted octanol–water partition coefficient (Wildman–Crippen LogP) is 4.36. The number of thioether (sulfide) groups is 1. The SMILES string of the molecule is CN=C(NCc1ccn(-c2ccccc2)n1)NCc1ccc(F)cc1CSC.I. The van der Waals surface area contributed by atoms with Gasteiger partial charge in [0.05, 0.1) is 17.9 Å². The van der Waals surface area contributed by atoms with Crippen molar-refractivity contribution < 1.29 is 4.39 Å². The minimum atomic E-state index is -0.204. The number of nitrogens with one attached hydrogen (secondary N) is 2. The van der Waals surface area contributed by atoms with Crippen LogP contribution in [0.2, 0.25) is 0 Å². The highest BCUT2D eigenvalue weighted by Gasteiger charge is 2.06. The standard InChI is InChI=1S/C21H24FN5S.HI/c1-23-21(24-13-16-8-9-18(22)12-17(16)15-28-2)25-14-19-10-11-27(26-19)20-6-4-3-5-7-20;/h3-12H,13-15H2,1-2H3,(H2,23,24,25);1H. The van der Waals surface area contributed by atoms with Crippen LogP contribution in [-0.2, 0) is 18.8 Å². The summed E-state index contributed by atoms with van der Waals surface area (Å²) >= 11 is 1.67. The molecule has 0 bridgehead atoms. The second-order valence-electron chi connectivity index (χ2n) is 6.21. The van der Waals surface area contributed by atoms with E-state index >= 15 is 0 Å². The highest BCUT2D eigenvalue weighted by molar-refractivity contribution is 14.0. The molecule has 1 heterocycles. The van der Waals surface area contributed by atoms with Crippen LogP contribution >= 0.6 is 35.7 Å². The highest BCUT2D eigenvalue weighted by Crippen LogP contribution is 2.16. The summed E-state index contributed by atoms with van der Waals surface area (Å²) in [6.45, 7) is 1.13. The van der Waals surface area contributed by atoms with Gasteiger partial charge in [0.2, 0.25) is 0 Å². The van der Waals surface area contributed by atoms with Gasteiger partial charge in [0.15, 0.2) is 5.96 Å². The molecule has 29 heavy (non-hydrogen) atoms. The zero-order chi connectivity index (χ0) is 19.8. The van der Waals surface area contributed by atoms with E-state index in [9.17, 15) is 4.39 Å². The van der Waals surface area contributed by atoms with Crippen molar-refractivity contribution >= 4 is 41.7 Å². The minimum Gasteiger partial charge on any atom is -0.352 e. The zero-order valence-electron chi connectivity index (χ0n) is 16.4. The fourth-order valence-corrected chi connectivity index (χ4v) is 3.39. The summed E-state index contributed by atoms with van der Waals surface area (Å²) in [6.07, 6.45) is 3.95. The lowest BCUT2D eigenvalue weighted by Gasteiger charge is -2.13. The third-order valence-corrected chi connectivity index (χ3v) is 4.84. The van der Waals surface area contributed by atoms with Crippen molar-refractivity contribution in [1.29, 1.82) is 0 Å². The van der Waals surface area contributed by atoms with Gasteiger partial charge in [0, 0.05) is 25.5 Å². The van der Waals surface area contributed by atoms with Crippen LogP contribution in [0.25, 0.3) is 5.69 Å². The van der Waals surface area contributed by atoms with Gasteiger partial charge in [-0.1, -0.05) is 24.3 Å². The van der Waals surface area contributed by atoms with Crippen molar-refractivity contribution in [3.63, 3.8) is 0 Å². The summed E-state index contributed by atoms with van der Waals surface area (Å²) in [5, 5.41) is 11.1. The molecular formula is C21H25FIN5S. The third kappa shape index (κ3) is 6.74. The molecule has 0 spiro atoms. The van der Waals surface area contributed by atoms with Crippen molar-refractivity contribution in [2.75, 3.05) is 13.3 Å². The lowest BCUT2D eigenvalue weighted by Crippen LogP contribution is -2.36. The Kier molecular flexibility index (Phi) is 9.46. The Bertz CT molecular complexity index is 930. The summed E-state index contributed by atoms with van der Waals surface area (Å²) in [7, 11) is 1.73. The van der Waals surface area contributed by atoms with Crippen molar-refractivity contribution in [2.24, 2.45) is 4.99 Å². The monoisotopic (exact) mass is 525 g/mol. The summed E-state index contributed by atoms with van der Waals surface area (Å²) in [6, 6.07) is 16.9. The maximum atomic E-state index is 13.5. The Balaban J connectivity index is 0.00000300. The average Bonchev–Trinajstić information content (AvgIpc) is 3.19. The van der Waals surface area contributed by atoms with Crippen molar-refractivity contribution in [1.82, 2.24) is 20.4 Å². The zero-order valence-corrected chi connectivity index (χ0v) is 19.6. The average molecular weight is 525 g/mol. The normalized spacial score (nSPS) is 11.1. The first-order chi connectivity index (χ1) is 13.7. The Hall–Kier alpha value is -2.07. The van der Waals surface area contributed by atoms with Gasteiger partial charge < -0.3 is 10.6 Å². The molecule has 0 unspecified atom stereocenters. The number of hydrogen-bond donors (Lipinski definition) is 2. The number of guanidine groups is 1. The summed E-state index contributed by atoms with van der Waals surface area (Å²) in [5.41, 5.74) is 4.00. The largest absolute Gasteiger partial charge is 0.352 e. The fraction of sp³-hybridized carbons (Fsp3) is 0.238. The topological polar surface area (TPSA) is 54.2 Å². The first kappa shape index (κ1) is 23.2. The van der Waals surface area contributed by atoms with Crippen molar-refractivity contribution in [2.45, 2.75) is 18.8 Å². The van der Waals surface area contributed by atoms with E-state index in [1.807, 2.05) is 59.6 Å². The van der Waals surface area contributed by atoms with Crippen LogP contribution in [0.4, 0.5) is 4.39 Å². The van der Waals surface area contributed by atoms with E-state index in [0.717, 1.165) is 28.3 Å². The highest BCUT2D eigenvalue weighted by atomic mass is 127. The smallest absolute Gasteiger partial charge is 0.191 e. The molecule has 0 amide bonds. The molecule has 3 aromatic rings. The Morgan fingerprint density at radius 1 is 1.07 bits per heavy atom. The molecule has 1 aromatic heterocycles. The minimum absolute atomic E-state index is 0. The van der Waals surface area contributed by atoms with E-state index in [0.29, 0.717) is 19.0 Å². The number of aliphatic imine (C=N–C) groups is 1. The molecule has 0 atom stereocenters. The van der Waals surface area contributed by atoms with Crippen LogP contribution in [-0.4, -0.2) is 29.0 Å². The van der Waals surface area contributed by atoms with Crippen LogP contribution < -0.4 is 10.6 Å². The number of rotatable bonds is 7. The molecule has 0 aliphatic heterocycles. The first-order valence-electron chi connectivity index (χ1n) is 9.00. The van der Waals surface area contributed by atoms with Gasteiger partial charge in [-0.2, -0.15) is 16.9 Å². The van der Waals surface area contributed by atoms with Gasteiger partial charge >= 0.3 is 0 Å². The third-order valence-electron chi connectivity index (χ3n) is 4.24. The molecule has 0 radical (unpaired) electrons. The first-order valence-corrected chi connectivity index (χ1v) is 10.4. The molecule has 3 rings (SSSR count). The maximum absolute atomic E-state index is 13.5. The van der Waals surface area contributed by atoms with Crippen LogP contribution in [0.15, 0.2) is 65.8 Å². The van der Waals surface area contributed by atoms with Crippen LogP contribution in [0, 0.1) is 5.82 Å². The van der Waals surface area contributed by atoms with Gasteiger partial charge in [0.1, 0.15) is 5.82 Å². The molecular weight excluding hydrogens is 500 g/mol. The van der Waals surface area contributed by atoms with Crippen LogP contribution in [0.3, 0.4) is 0 Å². The maximum Gasteiger partial charge on any atom is 0.191 e. The lowest BCUT2D eigenvalue weighted by atomic mass is 10.1. The number of aromatic nitrogens is 2. The van der Waals surface area contributed by atoms with Crippen LogP contribution in [0.5, 0.6) is 0 Å². The molecule has 154 valence electrons. The van der Waals surface area contributed by atoms with Gasteiger partial charge in [-0.05, 0) is 47.7 Å². The number of nitrogens with zero attached hydrogens (tertiary/aromatic N) is 3. The Morgan fingerprint density at radius 2 is 1.83 bits per heavy atom. The Morgan fingerprint density at radius 3 is 2.55 bits per heavy atom. The molecule has 0 saturated heterocycles. The van der Waals surface area contributed by atoms with Gasteiger partial charge in [-0.3, -0.25) is 4.99 Å². The van der Waals surface area contributed by atoms with E-state index in [2.05, 4.69) is 20.7 Å². The van der Waals surface area contributed by atoms with E-state index in [1.54, 1.807) is 24.9 Å². The fourth-order valence-electron chi connectivity index (χ4n) is 2.81. The van der Waals surface area contributed by atoms with E-state index in [-0.39, 0.29) is 29.8 Å². The van der Waals surface area contributed by atoms with Gasteiger partial charge in [-0.25, -0.2) is 9.07 Å². The molecule has 0 saturated carbocycles. The molecule has 0 aliphatic carbocycles. The van der Waals surface area contributed by atoms with E-state index in [4.69, 9.17) is 0 Å². The van der Waals surface area contributed by atoms with Crippen molar-refractivity contribution in [3.8, 4) is 5.69 Å². The Labute approximate surface area is 192 Å². The van der Waals surface area contributed by atoms with Crippen molar-refractivity contribution in [3.05, 3.63) is 83.4 Å². The predicted molar refractivity (Wildman–Crippen MR) is 130 cm³/mol. The summed E-state index contributed by atoms with van der Waals surface area (Å²) in [4.78, 5) is 4.26. The molecule has 5 nitrogen and oxygen atoms in total. The summed E-state index contributed by atoms with van der Waals surface area (Å²) < 4.78 is 15.3.